The number of fused-ring (bicyclic) bond motifs is 1. The predicted octanol–water partition coefficient (Wildman–Crippen LogP) is 2.04. The highest BCUT2D eigenvalue weighted by molar-refractivity contribution is 5.83. The Bertz CT molecular complexity index is 614. The molecule has 0 unspecified atom stereocenters. The smallest absolute Gasteiger partial charge is 0.336 e. The van der Waals surface area contributed by atoms with Crippen LogP contribution in [0.1, 0.15) is 12.8 Å². The number of ether oxygens (including phenoxy) is 1. The number of hydrogen-bond donors (Lipinski definition) is 1. The molecule has 0 aliphatic rings. The average Bonchev–Trinajstić information content (AvgIpc) is 2.34. The summed E-state index contributed by atoms with van der Waals surface area (Å²) in [5, 5.41) is 9.21. The molecular weight excluding hydrogens is 236 g/mol. The number of hydrogen-bond acceptors (Lipinski definition) is 4. The quantitative estimate of drug-likeness (QED) is 0.647. The Balaban J connectivity index is 2.13. The molecule has 5 nitrogen and oxygen atoms in total. The fraction of sp³-hybridized carbons (Fsp3) is 0.231. The van der Waals surface area contributed by atoms with Crippen molar-refractivity contribution < 1.29 is 19.1 Å². The third-order valence-electron chi connectivity index (χ3n) is 2.42. The molecule has 0 bridgehead atoms. The zero-order chi connectivity index (χ0) is 13.0. The van der Waals surface area contributed by atoms with E-state index in [0.717, 1.165) is 0 Å². The molecule has 0 fully saturated rings. The highest BCUT2D eigenvalue weighted by Crippen LogP contribution is 2.24. The Labute approximate surface area is 103 Å². The lowest BCUT2D eigenvalue weighted by atomic mass is 10.2. The van der Waals surface area contributed by atoms with Gasteiger partial charge in [-0.05, 0) is 24.6 Å². The van der Waals surface area contributed by atoms with Crippen molar-refractivity contribution in [2.45, 2.75) is 12.8 Å². The summed E-state index contributed by atoms with van der Waals surface area (Å²) < 4.78 is 10.5. The van der Waals surface area contributed by atoms with Gasteiger partial charge in [-0.2, -0.15) is 0 Å². The lowest BCUT2D eigenvalue weighted by Gasteiger charge is -2.07. The van der Waals surface area contributed by atoms with E-state index >= 15 is 0 Å². The van der Waals surface area contributed by atoms with Gasteiger partial charge < -0.3 is 14.3 Å². The maximum atomic E-state index is 11.1. The van der Waals surface area contributed by atoms with Crippen LogP contribution in [0.4, 0.5) is 0 Å². The largest absolute Gasteiger partial charge is 0.493 e. The standard InChI is InChI=1S/C13H12O5/c14-12(15)5-2-8-17-10-3-1-4-11-9(10)6-7-13(16)18-11/h1,3-4,6-7H,2,5,8H2,(H,14,15). The second-order valence-corrected chi connectivity index (χ2v) is 3.77. The summed E-state index contributed by atoms with van der Waals surface area (Å²) in [5.41, 5.74) is 0.0451. The van der Waals surface area contributed by atoms with E-state index in [1.807, 2.05) is 0 Å². The zero-order valence-corrected chi connectivity index (χ0v) is 9.59. The minimum absolute atomic E-state index is 0.0693. The van der Waals surface area contributed by atoms with E-state index in [9.17, 15) is 9.59 Å². The van der Waals surface area contributed by atoms with E-state index in [-0.39, 0.29) is 6.42 Å². The van der Waals surface area contributed by atoms with Crippen molar-refractivity contribution in [3.8, 4) is 5.75 Å². The first-order valence-corrected chi connectivity index (χ1v) is 5.54. The van der Waals surface area contributed by atoms with Crippen LogP contribution in [0.25, 0.3) is 11.0 Å². The number of carboxylic acid groups (broad SMARTS) is 1. The first kappa shape index (κ1) is 12.2. The first-order valence-electron chi connectivity index (χ1n) is 5.54. The summed E-state index contributed by atoms with van der Waals surface area (Å²) in [5.74, 6) is -0.260. The fourth-order valence-corrected chi connectivity index (χ4v) is 1.60. The lowest BCUT2D eigenvalue weighted by Crippen LogP contribution is -2.03. The molecule has 0 saturated carbocycles. The topological polar surface area (TPSA) is 76.7 Å². The molecule has 2 rings (SSSR count). The van der Waals surface area contributed by atoms with Crippen LogP contribution in [0.15, 0.2) is 39.5 Å². The summed E-state index contributed by atoms with van der Waals surface area (Å²) in [4.78, 5) is 21.4. The lowest BCUT2D eigenvalue weighted by molar-refractivity contribution is -0.137. The van der Waals surface area contributed by atoms with E-state index in [1.165, 1.54) is 6.07 Å². The highest BCUT2D eigenvalue weighted by Gasteiger charge is 2.04. The zero-order valence-electron chi connectivity index (χ0n) is 9.59. The molecule has 1 N–H and O–H groups in total. The van der Waals surface area contributed by atoms with Gasteiger partial charge >= 0.3 is 11.6 Å². The summed E-state index contributed by atoms with van der Waals surface area (Å²) in [7, 11) is 0. The van der Waals surface area contributed by atoms with Gasteiger partial charge in [0.25, 0.3) is 0 Å². The van der Waals surface area contributed by atoms with E-state index in [2.05, 4.69) is 0 Å². The maximum Gasteiger partial charge on any atom is 0.336 e. The Hall–Kier alpha value is -2.30. The van der Waals surface area contributed by atoms with Crippen LogP contribution in [-0.4, -0.2) is 17.7 Å². The van der Waals surface area contributed by atoms with Crippen molar-refractivity contribution >= 4 is 16.9 Å². The molecule has 0 aliphatic heterocycles. The Kier molecular flexibility index (Phi) is 3.62. The monoisotopic (exact) mass is 248 g/mol. The van der Waals surface area contributed by atoms with E-state index in [4.69, 9.17) is 14.3 Å². The van der Waals surface area contributed by atoms with Crippen LogP contribution in [0.5, 0.6) is 5.75 Å². The van der Waals surface area contributed by atoms with E-state index in [0.29, 0.717) is 29.7 Å². The maximum absolute atomic E-state index is 11.1. The molecule has 0 spiro atoms. The normalized spacial score (nSPS) is 10.4. The summed E-state index contributed by atoms with van der Waals surface area (Å²) in [6, 6.07) is 8.11. The molecule has 1 aromatic heterocycles. The van der Waals surface area contributed by atoms with Crippen molar-refractivity contribution in [1.29, 1.82) is 0 Å². The van der Waals surface area contributed by atoms with Crippen molar-refractivity contribution in [3.63, 3.8) is 0 Å². The third kappa shape index (κ3) is 2.88. The Morgan fingerprint density at radius 2 is 2.11 bits per heavy atom. The van der Waals surface area contributed by atoms with Gasteiger partial charge in [0.15, 0.2) is 0 Å². The molecular formula is C13H12O5. The van der Waals surface area contributed by atoms with E-state index < -0.39 is 11.6 Å². The number of benzene rings is 1. The van der Waals surface area contributed by atoms with Gasteiger partial charge in [0.05, 0.1) is 12.0 Å². The Morgan fingerprint density at radius 1 is 1.28 bits per heavy atom. The van der Waals surface area contributed by atoms with Crippen LogP contribution in [0.2, 0.25) is 0 Å². The molecule has 5 heteroatoms. The van der Waals surface area contributed by atoms with Gasteiger partial charge in [0, 0.05) is 12.5 Å². The molecule has 0 radical (unpaired) electrons. The van der Waals surface area contributed by atoms with Gasteiger partial charge in [-0.1, -0.05) is 6.07 Å². The summed E-state index contributed by atoms with van der Waals surface area (Å²) in [6.45, 7) is 0.310. The van der Waals surface area contributed by atoms with Crippen LogP contribution in [0, 0.1) is 0 Å². The molecule has 0 atom stereocenters. The minimum Gasteiger partial charge on any atom is -0.493 e. The molecule has 2 aromatic rings. The average molecular weight is 248 g/mol. The van der Waals surface area contributed by atoms with Gasteiger partial charge in [0.2, 0.25) is 0 Å². The molecule has 0 saturated heterocycles. The highest BCUT2D eigenvalue weighted by atomic mass is 16.5. The van der Waals surface area contributed by atoms with Crippen LogP contribution >= 0.6 is 0 Å². The molecule has 94 valence electrons. The number of rotatable bonds is 5. The van der Waals surface area contributed by atoms with Gasteiger partial charge in [0.1, 0.15) is 11.3 Å². The van der Waals surface area contributed by atoms with Crippen LogP contribution in [-0.2, 0) is 4.79 Å². The van der Waals surface area contributed by atoms with Gasteiger partial charge in [-0.15, -0.1) is 0 Å². The minimum atomic E-state index is -0.845. The first-order chi connectivity index (χ1) is 8.66. The van der Waals surface area contributed by atoms with Gasteiger partial charge in [-0.25, -0.2) is 4.79 Å². The van der Waals surface area contributed by atoms with Crippen molar-refractivity contribution in [3.05, 3.63) is 40.8 Å². The number of aliphatic carboxylic acids is 1. The molecule has 0 aliphatic carbocycles. The molecule has 18 heavy (non-hydrogen) atoms. The SMILES string of the molecule is O=C(O)CCCOc1cccc2oc(=O)ccc12. The number of carboxylic acids is 1. The van der Waals surface area contributed by atoms with Crippen molar-refractivity contribution in [2.24, 2.45) is 0 Å². The van der Waals surface area contributed by atoms with Crippen molar-refractivity contribution in [2.75, 3.05) is 6.61 Å². The Morgan fingerprint density at radius 3 is 2.89 bits per heavy atom. The molecule has 1 aromatic carbocycles. The second-order valence-electron chi connectivity index (χ2n) is 3.77. The fourth-order valence-electron chi connectivity index (χ4n) is 1.60. The third-order valence-corrected chi connectivity index (χ3v) is 2.42. The van der Waals surface area contributed by atoms with Gasteiger partial charge in [-0.3, -0.25) is 4.79 Å². The van der Waals surface area contributed by atoms with E-state index in [1.54, 1.807) is 24.3 Å². The second kappa shape index (κ2) is 5.35. The van der Waals surface area contributed by atoms with Crippen molar-refractivity contribution in [1.82, 2.24) is 0 Å². The summed E-state index contributed by atoms with van der Waals surface area (Å²) >= 11 is 0. The summed E-state index contributed by atoms with van der Waals surface area (Å²) in [6.07, 6.45) is 0.502. The van der Waals surface area contributed by atoms with Crippen LogP contribution in [0.3, 0.4) is 0 Å². The molecule has 1 heterocycles. The van der Waals surface area contributed by atoms with Crippen LogP contribution < -0.4 is 10.4 Å². The molecule has 0 amide bonds. The predicted molar refractivity (Wildman–Crippen MR) is 64.8 cm³/mol. The number of carbonyl (C=O) groups is 1.